The molecule has 1 amide bonds. The molecule has 0 aromatic heterocycles. The monoisotopic (exact) mass is 279 g/mol. The molecule has 0 aromatic carbocycles. The number of piperazine rings is 1. The van der Waals surface area contributed by atoms with Crippen LogP contribution in [0.5, 0.6) is 0 Å². The van der Waals surface area contributed by atoms with Gasteiger partial charge in [0, 0.05) is 32.2 Å². The van der Waals surface area contributed by atoms with Gasteiger partial charge in [0.1, 0.15) is 0 Å². The summed E-state index contributed by atoms with van der Waals surface area (Å²) in [5.41, 5.74) is 0. The summed E-state index contributed by atoms with van der Waals surface area (Å²) in [6, 6.07) is 0.366. The first-order chi connectivity index (χ1) is 9.61. The number of carbonyl (C=O) groups is 1. The highest BCUT2D eigenvalue weighted by molar-refractivity contribution is 5.78. The van der Waals surface area contributed by atoms with Crippen LogP contribution in [-0.2, 0) is 4.79 Å². The molecule has 0 aromatic rings. The Morgan fingerprint density at radius 1 is 1.20 bits per heavy atom. The van der Waals surface area contributed by atoms with Gasteiger partial charge < -0.3 is 10.2 Å². The molecule has 0 radical (unpaired) electrons. The van der Waals surface area contributed by atoms with Crippen molar-refractivity contribution in [1.82, 2.24) is 15.1 Å². The van der Waals surface area contributed by atoms with Gasteiger partial charge in [-0.15, -0.1) is 0 Å². The number of nitrogens with zero attached hydrogens (tertiary/aromatic N) is 2. The van der Waals surface area contributed by atoms with E-state index in [1.807, 2.05) is 0 Å². The Labute approximate surface area is 122 Å². The summed E-state index contributed by atoms with van der Waals surface area (Å²) in [6.45, 7) is 7.00. The van der Waals surface area contributed by atoms with Crippen molar-refractivity contribution in [2.24, 2.45) is 17.8 Å². The molecule has 4 heteroatoms. The van der Waals surface area contributed by atoms with E-state index in [9.17, 15) is 4.79 Å². The molecule has 3 rings (SSSR count). The van der Waals surface area contributed by atoms with Crippen LogP contribution in [0.25, 0.3) is 0 Å². The van der Waals surface area contributed by atoms with Gasteiger partial charge in [0.2, 0.25) is 5.91 Å². The highest BCUT2D eigenvalue weighted by atomic mass is 16.2. The van der Waals surface area contributed by atoms with Gasteiger partial charge in [-0.05, 0) is 51.0 Å². The predicted molar refractivity (Wildman–Crippen MR) is 80.5 cm³/mol. The minimum atomic E-state index is 0.227. The summed E-state index contributed by atoms with van der Waals surface area (Å²) in [7, 11) is 2.15. The van der Waals surface area contributed by atoms with Crippen molar-refractivity contribution in [3.63, 3.8) is 0 Å². The van der Waals surface area contributed by atoms with E-state index in [4.69, 9.17) is 0 Å². The molecule has 1 aliphatic heterocycles. The fourth-order valence-corrected chi connectivity index (χ4v) is 4.52. The second-order valence-corrected chi connectivity index (χ2v) is 7.27. The molecule has 1 N–H and O–H groups in total. The maximum absolute atomic E-state index is 12.2. The van der Waals surface area contributed by atoms with Crippen molar-refractivity contribution in [3.8, 4) is 0 Å². The number of likely N-dealkylation sites (N-methyl/N-ethyl adjacent to an activating group) is 1. The summed E-state index contributed by atoms with van der Waals surface area (Å²) in [4.78, 5) is 16.8. The van der Waals surface area contributed by atoms with Crippen LogP contribution < -0.4 is 5.32 Å². The largest absolute Gasteiger partial charge is 0.352 e. The van der Waals surface area contributed by atoms with E-state index >= 15 is 0 Å². The topological polar surface area (TPSA) is 35.6 Å². The first-order valence-electron chi connectivity index (χ1n) is 8.32. The van der Waals surface area contributed by atoms with Crippen molar-refractivity contribution in [3.05, 3.63) is 0 Å². The fraction of sp³-hybridized carbons (Fsp3) is 0.938. The number of fused-ring (bicyclic) bond motifs is 2. The van der Waals surface area contributed by atoms with Crippen molar-refractivity contribution >= 4 is 5.91 Å². The van der Waals surface area contributed by atoms with E-state index < -0.39 is 0 Å². The fourth-order valence-electron chi connectivity index (χ4n) is 4.52. The Morgan fingerprint density at radius 3 is 2.55 bits per heavy atom. The molecular formula is C16H29N3O. The molecule has 4 atom stereocenters. The average Bonchev–Trinajstić information content (AvgIpc) is 3.03. The molecule has 0 unspecified atom stereocenters. The summed E-state index contributed by atoms with van der Waals surface area (Å²) in [5, 5.41) is 3.27. The number of carbonyl (C=O) groups excluding carboxylic acids is 1. The summed E-state index contributed by atoms with van der Waals surface area (Å²) in [5.74, 6) is 2.82. The average molecular weight is 279 g/mol. The van der Waals surface area contributed by atoms with Gasteiger partial charge in [0.05, 0.1) is 6.54 Å². The Bertz CT molecular complexity index is 352. The molecule has 114 valence electrons. The van der Waals surface area contributed by atoms with Gasteiger partial charge in [-0.3, -0.25) is 9.69 Å². The Morgan fingerprint density at radius 2 is 1.95 bits per heavy atom. The highest BCUT2D eigenvalue weighted by Gasteiger charge is 2.42. The second kappa shape index (κ2) is 6.02. The van der Waals surface area contributed by atoms with Gasteiger partial charge in [0.25, 0.3) is 0 Å². The van der Waals surface area contributed by atoms with Crippen LogP contribution in [0.15, 0.2) is 0 Å². The standard InChI is InChI=1S/C16H29N3O/c1-12(15-10-13-3-4-14(15)9-13)17-16(20)11-19-7-5-18(2)6-8-19/h12-15H,3-11H2,1-2H3,(H,17,20)/t12-,13-,14-,15-/m0/s1. The third-order valence-electron chi connectivity index (χ3n) is 5.79. The summed E-state index contributed by atoms with van der Waals surface area (Å²) in [6.07, 6.45) is 5.60. The summed E-state index contributed by atoms with van der Waals surface area (Å²) >= 11 is 0. The van der Waals surface area contributed by atoms with E-state index in [2.05, 4.69) is 29.1 Å². The first-order valence-corrected chi connectivity index (χ1v) is 8.32. The van der Waals surface area contributed by atoms with Crippen molar-refractivity contribution < 1.29 is 4.79 Å². The van der Waals surface area contributed by atoms with E-state index in [0.717, 1.165) is 43.9 Å². The smallest absolute Gasteiger partial charge is 0.234 e. The van der Waals surface area contributed by atoms with Crippen LogP contribution >= 0.6 is 0 Å². The Kier molecular flexibility index (Phi) is 4.32. The molecule has 1 heterocycles. The highest BCUT2D eigenvalue weighted by Crippen LogP contribution is 2.49. The van der Waals surface area contributed by atoms with Gasteiger partial charge >= 0.3 is 0 Å². The number of hydrogen-bond acceptors (Lipinski definition) is 3. The van der Waals surface area contributed by atoms with Crippen LogP contribution in [0, 0.1) is 17.8 Å². The van der Waals surface area contributed by atoms with Gasteiger partial charge in [-0.25, -0.2) is 0 Å². The normalized spacial score (nSPS) is 36.2. The molecular weight excluding hydrogens is 250 g/mol. The zero-order chi connectivity index (χ0) is 14.1. The van der Waals surface area contributed by atoms with E-state index in [-0.39, 0.29) is 5.91 Å². The van der Waals surface area contributed by atoms with E-state index in [1.54, 1.807) is 0 Å². The quantitative estimate of drug-likeness (QED) is 0.839. The molecule has 3 aliphatic rings. The third-order valence-corrected chi connectivity index (χ3v) is 5.79. The maximum atomic E-state index is 12.2. The first kappa shape index (κ1) is 14.3. The SMILES string of the molecule is C[C@H](NC(=O)CN1CCN(C)CC1)[C@@H]1C[C@H]2CC[C@H]1C2. The molecule has 2 aliphatic carbocycles. The molecule has 20 heavy (non-hydrogen) atoms. The van der Waals surface area contributed by atoms with Crippen molar-refractivity contribution in [2.75, 3.05) is 39.8 Å². The molecule has 4 nitrogen and oxygen atoms in total. The van der Waals surface area contributed by atoms with Gasteiger partial charge in [-0.1, -0.05) is 6.42 Å². The van der Waals surface area contributed by atoms with Crippen LogP contribution in [0.2, 0.25) is 0 Å². The Hall–Kier alpha value is -0.610. The molecule has 2 bridgehead atoms. The number of rotatable bonds is 4. The predicted octanol–water partition coefficient (Wildman–Crippen LogP) is 1.17. The lowest BCUT2D eigenvalue weighted by Crippen LogP contribution is -2.50. The summed E-state index contributed by atoms with van der Waals surface area (Å²) < 4.78 is 0. The molecule has 3 fully saturated rings. The maximum Gasteiger partial charge on any atom is 0.234 e. The van der Waals surface area contributed by atoms with Crippen LogP contribution in [0.3, 0.4) is 0 Å². The van der Waals surface area contributed by atoms with E-state index in [1.165, 1.54) is 25.7 Å². The van der Waals surface area contributed by atoms with Crippen LogP contribution in [-0.4, -0.2) is 61.5 Å². The minimum absolute atomic E-state index is 0.227. The number of amides is 1. The van der Waals surface area contributed by atoms with Crippen molar-refractivity contribution in [1.29, 1.82) is 0 Å². The van der Waals surface area contributed by atoms with Crippen LogP contribution in [0.4, 0.5) is 0 Å². The lowest BCUT2D eigenvalue weighted by molar-refractivity contribution is -0.123. The molecule has 2 saturated carbocycles. The zero-order valence-corrected chi connectivity index (χ0v) is 13.0. The molecule has 0 spiro atoms. The minimum Gasteiger partial charge on any atom is -0.352 e. The second-order valence-electron chi connectivity index (χ2n) is 7.27. The third kappa shape index (κ3) is 3.17. The Balaban J connectivity index is 1.42. The van der Waals surface area contributed by atoms with Gasteiger partial charge in [-0.2, -0.15) is 0 Å². The van der Waals surface area contributed by atoms with Gasteiger partial charge in [0.15, 0.2) is 0 Å². The van der Waals surface area contributed by atoms with Crippen molar-refractivity contribution in [2.45, 2.75) is 38.6 Å². The number of nitrogens with one attached hydrogen (secondary N) is 1. The lowest BCUT2D eigenvalue weighted by atomic mass is 9.84. The van der Waals surface area contributed by atoms with Crippen LogP contribution in [0.1, 0.15) is 32.6 Å². The number of hydrogen-bond donors (Lipinski definition) is 1. The lowest BCUT2D eigenvalue weighted by Gasteiger charge is -2.33. The zero-order valence-electron chi connectivity index (χ0n) is 13.0. The van der Waals surface area contributed by atoms with E-state index in [0.29, 0.717) is 12.6 Å². The molecule has 1 saturated heterocycles.